The van der Waals surface area contributed by atoms with Crippen molar-refractivity contribution in [3.8, 4) is 5.75 Å². The van der Waals surface area contributed by atoms with Crippen LogP contribution in [0.4, 0.5) is 5.13 Å². The summed E-state index contributed by atoms with van der Waals surface area (Å²) < 4.78 is 12.6. The van der Waals surface area contributed by atoms with Gasteiger partial charge in [0.25, 0.3) is 5.91 Å². The minimum atomic E-state index is -0.673. The molecule has 0 unspecified atom stereocenters. The molecule has 6 rings (SSSR count). The molecule has 0 spiro atoms. The van der Waals surface area contributed by atoms with Crippen LogP contribution in [0.1, 0.15) is 33.3 Å². The fourth-order valence-corrected chi connectivity index (χ4v) is 5.55. The molecule has 0 saturated heterocycles. The normalized spacial score (nSPS) is 15.1. The van der Waals surface area contributed by atoms with Gasteiger partial charge >= 0.3 is 0 Å². The van der Waals surface area contributed by atoms with E-state index >= 15 is 0 Å². The number of benzene rings is 3. The molecule has 0 bridgehead atoms. The molecule has 0 radical (unpaired) electrons. The van der Waals surface area contributed by atoms with Crippen LogP contribution in [0.3, 0.4) is 0 Å². The fourth-order valence-electron chi connectivity index (χ4n) is 4.46. The summed E-state index contributed by atoms with van der Waals surface area (Å²) in [6.07, 6.45) is 1.67. The van der Waals surface area contributed by atoms with Crippen LogP contribution in [0, 0.1) is 6.92 Å². The summed E-state index contributed by atoms with van der Waals surface area (Å²) in [5.74, 6) is 0.350. The molecule has 3 aromatic carbocycles. The van der Waals surface area contributed by atoms with Crippen molar-refractivity contribution in [3.63, 3.8) is 0 Å². The van der Waals surface area contributed by atoms with Gasteiger partial charge < -0.3 is 9.15 Å². The van der Waals surface area contributed by atoms with Crippen molar-refractivity contribution in [2.45, 2.75) is 13.0 Å². The van der Waals surface area contributed by atoms with Crippen LogP contribution >= 0.6 is 11.3 Å². The second-order valence-corrected chi connectivity index (χ2v) is 9.39. The number of nitrogens with zero attached hydrogens (tertiary/aromatic N) is 2. The van der Waals surface area contributed by atoms with E-state index in [9.17, 15) is 9.59 Å². The van der Waals surface area contributed by atoms with Gasteiger partial charge in [0.15, 0.2) is 10.6 Å². The Bertz CT molecular complexity index is 1680. The van der Waals surface area contributed by atoms with Crippen molar-refractivity contribution < 1.29 is 13.9 Å². The van der Waals surface area contributed by atoms with Crippen LogP contribution in [0.5, 0.6) is 5.75 Å². The fraction of sp³-hybridized carbons (Fsp3) is 0.107. The maximum absolute atomic E-state index is 13.8. The minimum absolute atomic E-state index is 0.0566. The van der Waals surface area contributed by atoms with Gasteiger partial charge in [-0.1, -0.05) is 54.3 Å². The number of hydrogen-bond donors (Lipinski definition) is 0. The maximum atomic E-state index is 13.8. The lowest BCUT2D eigenvalue weighted by Crippen LogP contribution is -2.29. The molecule has 35 heavy (non-hydrogen) atoms. The third kappa shape index (κ3) is 3.43. The second-order valence-electron chi connectivity index (χ2n) is 8.38. The highest BCUT2D eigenvalue weighted by Crippen LogP contribution is 2.43. The average molecular weight is 481 g/mol. The van der Waals surface area contributed by atoms with E-state index < -0.39 is 6.04 Å². The first kappa shape index (κ1) is 21.3. The summed E-state index contributed by atoms with van der Waals surface area (Å²) >= 11 is 1.42. The Labute approximate surface area is 204 Å². The van der Waals surface area contributed by atoms with Crippen molar-refractivity contribution >= 4 is 43.6 Å². The molecule has 172 valence electrons. The molecule has 1 atom stereocenters. The van der Waals surface area contributed by atoms with Crippen LogP contribution in [0.15, 0.2) is 88.6 Å². The first-order valence-corrected chi connectivity index (χ1v) is 12.0. The number of aryl methyl sites for hydroxylation is 1. The molecule has 5 aromatic rings. The molecule has 0 fully saturated rings. The number of ether oxygens (including phenoxy) is 1. The maximum Gasteiger partial charge on any atom is 0.297 e. The van der Waals surface area contributed by atoms with Crippen LogP contribution in [-0.2, 0) is 0 Å². The second kappa shape index (κ2) is 8.21. The number of aromatic nitrogens is 1. The molecular formula is C28H20N2O4S. The molecule has 7 heteroatoms. The quantitative estimate of drug-likeness (QED) is 0.287. The van der Waals surface area contributed by atoms with E-state index in [0.717, 1.165) is 21.3 Å². The Balaban J connectivity index is 1.56. The van der Waals surface area contributed by atoms with E-state index in [0.29, 0.717) is 34.0 Å². The Morgan fingerprint density at radius 2 is 1.91 bits per heavy atom. The molecule has 0 aliphatic carbocycles. The number of para-hydroxylation sites is 1. The van der Waals surface area contributed by atoms with Crippen LogP contribution in [0.2, 0.25) is 0 Å². The van der Waals surface area contributed by atoms with Crippen LogP contribution in [0.25, 0.3) is 21.2 Å². The lowest BCUT2D eigenvalue weighted by Gasteiger charge is -2.22. The highest BCUT2D eigenvalue weighted by atomic mass is 32.1. The van der Waals surface area contributed by atoms with E-state index in [-0.39, 0.29) is 17.1 Å². The molecular weight excluding hydrogens is 460 g/mol. The predicted octanol–water partition coefficient (Wildman–Crippen LogP) is 6.03. The summed E-state index contributed by atoms with van der Waals surface area (Å²) in [4.78, 5) is 33.7. The van der Waals surface area contributed by atoms with E-state index in [4.69, 9.17) is 14.1 Å². The van der Waals surface area contributed by atoms with Crippen molar-refractivity contribution in [2.24, 2.45) is 0 Å². The molecule has 2 aromatic heterocycles. The molecule has 0 N–H and O–H groups in total. The summed E-state index contributed by atoms with van der Waals surface area (Å²) in [6, 6.07) is 19.7. The van der Waals surface area contributed by atoms with Gasteiger partial charge in [0.1, 0.15) is 17.9 Å². The van der Waals surface area contributed by atoms with Crippen molar-refractivity contribution in [1.29, 1.82) is 0 Å². The van der Waals surface area contributed by atoms with Crippen molar-refractivity contribution in [2.75, 3.05) is 11.5 Å². The molecule has 1 amide bonds. The molecule has 6 nitrogen and oxygen atoms in total. The molecule has 3 heterocycles. The number of amides is 1. The third-order valence-electron chi connectivity index (χ3n) is 6.08. The zero-order chi connectivity index (χ0) is 24.1. The summed E-state index contributed by atoms with van der Waals surface area (Å²) in [5.41, 5.74) is 3.17. The molecule has 1 aliphatic rings. The Morgan fingerprint density at radius 1 is 1.11 bits per heavy atom. The van der Waals surface area contributed by atoms with Gasteiger partial charge in [-0.25, -0.2) is 4.98 Å². The lowest BCUT2D eigenvalue weighted by molar-refractivity contribution is 0.0971. The number of fused-ring (bicyclic) bond motifs is 3. The van der Waals surface area contributed by atoms with Gasteiger partial charge in [0, 0.05) is 0 Å². The Morgan fingerprint density at radius 3 is 2.71 bits per heavy atom. The van der Waals surface area contributed by atoms with E-state index in [1.165, 1.54) is 11.3 Å². The van der Waals surface area contributed by atoms with Crippen molar-refractivity contribution in [3.05, 3.63) is 112 Å². The number of carbonyl (C=O) groups is 1. The standard InChI is InChI=1S/C28H20N2O4S/c1-3-14-33-18-11-9-17(10-12-18)24-23-25(31)19-6-4-5-7-21(19)34-26(23)27(32)30(24)28-29-20-13-8-16(2)15-22(20)35-28/h3-13,15,24H,1,14H2,2H3/t24-/m1/s1. The molecule has 0 saturated carbocycles. The van der Waals surface area contributed by atoms with Gasteiger partial charge in [-0.15, -0.1) is 0 Å². The van der Waals surface area contributed by atoms with Crippen molar-refractivity contribution in [1.82, 2.24) is 4.98 Å². The number of anilines is 1. The topological polar surface area (TPSA) is 72.6 Å². The zero-order valence-electron chi connectivity index (χ0n) is 18.9. The monoisotopic (exact) mass is 480 g/mol. The molecule has 1 aliphatic heterocycles. The van der Waals surface area contributed by atoms with Gasteiger partial charge in [-0.3, -0.25) is 14.5 Å². The van der Waals surface area contributed by atoms with Gasteiger partial charge in [0.2, 0.25) is 5.76 Å². The van der Waals surface area contributed by atoms with Gasteiger partial charge in [0.05, 0.1) is 27.2 Å². The Kier molecular flexibility index (Phi) is 5.00. The Hall–Kier alpha value is -4.23. The van der Waals surface area contributed by atoms with E-state index in [1.807, 2.05) is 49.4 Å². The summed E-state index contributed by atoms with van der Waals surface area (Å²) in [5, 5.41) is 0.958. The average Bonchev–Trinajstić information content (AvgIpc) is 3.41. The number of thiazole rings is 1. The largest absolute Gasteiger partial charge is 0.490 e. The first-order chi connectivity index (χ1) is 17.0. The van der Waals surface area contributed by atoms with Crippen LogP contribution in [-0.4, -0.2) is 17.5 Å². The highest BCUT2D eigenvalue weighted by molar-refractivity contribution is 7.22. The number of hydrogen-bond acceptors (Lipinski definition) is 6. The minimum Gasteiger partial charge on any atom is -0.490 e. The highest BCUT2D eigenvalue weighted by Gasteiger charge is 2.45. The SMILES string of the molecule is C=CCOc1ccc([C@@H]2c3c(oc4ccccc4c3=O)C(=O)N2c2nc3ccc(C)cc3s2)cc1. The summed E-state index contributed by atoms with van der Waals surface area (Å²) in [7, 11) is 0. The smallest absolute Gasteiger partial charge is 0.297 e. The van der Waals surface area contributed by atoms with Crippen LogP contribution < -0.4 is 15.1 Å². The zero-order valence-corrected chi connectivity index (χ0v) is 19.7. The van der Waals surface area contributed by atoms with Gasteiger partial charge in [-0.2, -0.15) is 0 Å². The van der Waals surface area contributed by atoms with Gasteiger partial charge in [-0.05, 0) is 54.4 Å². The predicted molar refractivity (Wildman–Crippen MR) is 138 cm³/mol. The van der Waals surface area contributed by atoms with E-state index in [1.54, 1.807) is 35.2 Å². The third-order valence-corrected chi connectivity index (χ3v) is 7.10. The number of carbonyl (C=O) groups excluding carboxylic acids is 1. The number of rotatable bonds is 5. The first-order valence-electron chi connectivity index (χ1n) is 11.2. The summed E-state index contributed by atoms with van der Waals surface area (Å²) in [6.45, 7) is 6.07. The van der Waals surface area contributed by atoms with E-state index in [2.05, 4.69) is 6.58 Å². The lowest BCUT2D eigenvalue weighted by atomic mass is 9.98.